The van der Waals surface area contributed by atoms with E-state index >= 15 is 0 Å². The normalized spacial score (nSPS) is 12.2. The number of aromatic nitrogens is 1. The minimum atomic E-state index is -3.83. The molecule has 9 heteroatoms. The Hall–Kier alpha value is -0.971. The molecule has 0 radical (unpaired) electrons. The van der Waals surface area contributed by atoms with Crippen LogP contribution in [0.25, 0.3) is 0 Å². The predicted molar refractivity (Wildman–Crippen MR) is 105 cm³/mol. The van der Waals surface area contributed by atoms with Crippen LogP contribution in [0.15, 0.2) is 28.5 Å². The Kier molecular flexibility index (Phi) is 5.97. The molecular formula is C16H23N3O3S2Sn. The number of sulfonamides is 1. The third-order valence-corrected chi connectivity index (χ3v) is 12.5. The Bertz CT molecular complexity index is 884. The van der Waals surface area contributed by atoms with E-state index < -0.39 is 28.4 Å². The summed E-state index contributed by atoms with van der Waals surface area (Å²) in [5.41, 5.74) is 1.24. The van der Waals surface area contributed by atoms with Gasteiger partial charge in [-0.25, -0.2) is 0 Å². The van der Waals surface area contributed by atoms with Crippen molar-refractivity contribution in [2.45, 2.75) is 32.4 Å². The van der Waals surface area contributed by atoms with Crippen LogP contribution in [0, 0.1) is 6.92 Å². The predicted octanol–water partition coefficient (Wildman–Crippen LogP) is 1.85. The molecule has 0 aliphatic rings. The third-order valence-electron chi connectivity index (χ3n) is 3.84. The van der Waals surface area contributed by atoms with Crippen molar-refractivity contribution in [1.29, 1.82) is 0 Å². The summed E-state index contributed by atoms with van der Waals surface area (Å²) in [5.74, 6) is -0.151. The molecule has 1 aromatic heterocycles. The molecule has 0 spiro atoms. The van der Waals surface area contributed by atoms with Gasteiger partial charge in [0.2, 0.25) is 0 Å². The van der Waals surface area contributed by atoms with Crippen LogP contribution in [0.2, 0.25) is 14.8 Å². The van der Waals surface area contributed by atoms with E-state index in [4.69, 9.17) is 5.14 Å². The molecular weight excluding hydrogens is 465 g/mol. The average Bonchev–Trinajstić information content (AvgIpc) is 2.88. The number of thiazole rings is 1. The van der Waals surface area contributed by atoms with Crippen LogP contribution in [0.3, 0.4) is 0 Å². The summed E-state index contributed by atoms with van der Waals surface area (Å²) in [6.07, 6.45) is 0.236. The van der Waals surface area contributed by atoms with Crippen molar-refractivity contribution in [3.63, 3.8) is 0 Å². The van der Waals surface area contributed by atoms with Crippen molar-refractivity contribution >= 4 is 54.4 Å². The van der Waals surface area contributed by atoms with Crippen molar-refractivity contribution in [2.75, 3.05) is 11.9 Å². The molecule has 25 heavy (non-hydrogen) atoms. The van der Waals surface area contributed by atoms with E-state index in [9.17, 15) is 13.2 Å². The Morgan fingerprint density at radius 1 is 1.24 bits per heavy atom. The number of carbonyl (C=O) groups excluding carboxylic acids is 1. The first-order chi connectivity index (χ1) is 11.4. The van der Waals surface area contributed by atoms with Gasteiger partial charge in [-0.3, -0.25) is 0 Å². The summed E-state index contributed by atoms with van der Waals surface area (Å²) in [4.78, 5) is 25.1. The number of nitrogens with zero attached hydrogens (tertiary/aromatic N) is 2. The molecule has 136 valence electrons. The SMILES string of the molecule is Cc1nc(N(C)C(=O)Cc2cc[c]([Sn]([CH3])([CH3])[CH3])cc2)sc1S(N)(=O)=O. The van der Waals surface area contributed by atoms with E-state index in [-0.39, 0.29) is 16.5 Å². The second-order valence-electron chi connectivity index (χ2n) is 6.99. The number of rotatable bonds is 5. The molecule has 0 aliphatic carbocycles. The molecule has 6 nitrogen and oxygen atoms in total. The number of amides is 1. The second-order valence-corrected chi connectivity index (χ2v) is 24.2. The van der Waals surface area contributed by atoms with Crippen LogP contribution >= 0.6 is 11.3 Å². The molecule has 0 saturated carbocycles. The maximum atomic E-state index is 12.5. The fraction of sp³-hybridized carbons (Fsp3) is 0.375. The minimum absolute atomic E-state index is 0.0100. The van der Waals surface area contributed by atoms with Crippen LogP contribution in [0.4, 0.5) is 5.13 Å². The summed E-state index contributed by atoms with van der Waals surface area (Å²) in [5, 5.41) is 5.49. The van der Waals surface area contributed by atoms with Gasteiger partial charge < -0.3 is 0 Å². The van der Waals surface area contributed by atoms with Gasteiger partial charge in [-0.15, -0.1) is 0 Å². The van der Waals surface area contributed by atoms with E-state index in [0.29, 0.717) is 10.8 Å². The van der Waals surface area contributed by atoms with Gasteiger partial charge in [-0.05, 0) is 0 Å². The second kappa shape index (κ2) is 7.34. The molecule has 2 aromatic rings. The fourth-order valence-electron chi connectivity index (χ4n) is 2.30. The molecule has 0 bridgehead atoms. The molecule has 0 atom stereocenters. The molecule has 2 rings (SSSR count). The molecule has 0 unspecified atom stereocenters. The zero-order chi connectivity index (χ0) is 19.0. The quantitative estimate of drug-likeness (QED) is 0.651. The van der Waals surface area contributed by atoms with Crippen molar-refractivity contribution in [3.8, 4) is 0 Å². The summed E-state index contributed by atoms with van der Waals surface area (Å²) >= 11 is -1.18. The first-order valence-electron chi connectivity index (χ1n) is 7.76. The number of nitrogens with two attached hydrogens (primary N) is 1. The molecule has 2 N–H and O–H groups in total. The van der Waals surface area contributed by atoms with Crippen LogP contribution in [0.1, 0.15) is 11.3 Å². The first-order valence-corrected chi connectivity index (χ1v) is 20.1. The average molecular weight is 488 g/mol. The third kappa shape index (κ3) is 5.02. The molecule has 1 heterocycles. The van der Waals surface area contributed by atoms with E-state index in [1.807, 2.05) is 12.1 Å². The van der Waals surface area contributed by atoms with Gasteiger partial charge in [0, 0.05) is 0 Å². The number of hydrogen-bond acceptors (Lipinski definition) is 5. The number of primary sulfonamides is 1. The molecule has 0 saturated heterocycles. The van der Waals surface area contributed by atoms with E-state index in [1.54, 1.807) is 14.0 Å². The van der Waals surface area contributed by atoms with Gasteiger partial charge in [0.1, 0.15) is 0 Å². The zero-order valence-corrected chi connectivity index (χ0v) is 19.5. The summed E-state index contributed by atoms with van der Waals surface area (Å²) in [6.45, 7) is 1.56. The summed E-state index contributed by atoms with van der Waals surface area (Å²) in [6, 6.07) is 8.22. The van der Waals surface area contributed by atoms with E-state index in [0.717, 1.165) is 16.9 Å². The van der Waals surface area contributed by atoms with E-state index in [1.165, 1.54) is 8.48 Å². The summed E-state index contributed by atoms with van der Waals surface area (Å²) in [7, 11) is -2.23. The molecule has 1 aromatic carbocycles. The monoisotopic (exact) mass is 489 g/mol. The van der Waals surface area contributed by atoms with Crippen molar-refractivity contribution in [1.82, 2.24) is 4.98 Å². The van der Waals surface area contributed by atoms with Gasteiger partial charge in [-0.1, -0.05) is 0 Å². The van der Waals surface area contributed by atoms with E-state index in [2.05, 4.69) is 31.9 Å². The molecule has 0 aliphatic heterocycles. The van der Waals surface area contributed by atoms with Gasteiger partial charge in [-0.2, -0.15) is 0 Å². The van der Waals surface area contributed by atoms with Crippen LogP contribution in [-0.4, -0.2) is 44.7 Å². The maximum absolute atomic E-state index is 12.5. The zero-order valence-electron chi connectivity index (χ0n) is 15.0. The topological polar surface area (TPSA) is 93.4 Å². The van der Waals surface area contributed by atoms with Gasteiger partial charge in [0.05, 0.1) is 0 Å². The Morgan fingerprint density at radius 3 is 2.24 bits per heavy atom. The van der Waals surface area contributed by atoms with Crippen molar-refractivity contribution in [2.24, 2.45) is 5.14 Å². The number of carbonyl (C=O) groups is 1. The van der Waals surface area contributed by atoms with Crippen LogP contribution in [0.5, 0.6) is 0 Å². The molecule has 1 amide bonds. The van der Waals surface area contributed by atoms with Gasteiger partial charge in [0.15, 0.2) is 0 Å². The Balaban J connectivity index is 2.16. The fourth-order valence-corrected chi connectivity index (χ4v) is 7.55. The number of likely N-dealkylation sites (N-methyl/N-ethyl adjacent to an activating group) is 1. The molecule has 0 fully saturated rings. The van der Waals surface area contributed by atoms with Gasteiger partial charge in [0.25, 0.3) is 0 Å². The first kappa shape index (κ1) is 20.3. The Labute approximate surface area is 157 Å². The van der Waals surface area contributed by atoms with Gasteiger partial charge >= 0.3 is 158 Å². The number of hydrogen-bond donors (Lipinski definition) is 1. The Morgan fingerprint density at radius 2 is 1.80 bits per heavy atom. The van der Waals surface area contributed by atoms with Crippen molar-refractivity contribution < 1.29 is 13.2 Å². The summed E-state index contributed by atoms with van der Waals surface area (Å²) < 4.78 is 24.4. The van der Waals surface area contributed by atoms with Crippen LogP contribution in [-0.2, 0) is 21.2 Å². The standard InChI is InChI=1S/C13H14N3O3S2.3CH3.Sn/c1-9-12(21(14,18)19)20-13(15-9)16(2)11(17)8-10-6-4-3-5-7-10;;;;/h4-7H,8H2,1-2H3,(H2,14,18,19);3*1H3;. The number of anilines is 1. The van der Waals surface area contributed by atoms with Crippen molar-refractivity contribution in [3.05, 3.63) is 35.5 Å². The number of aryl methyl sites for hydroxylation is 1. The number of benzene rings is 1. The van der Waals surface area contributed by atoms with Crippen LogP contribution < -0.4 is 13.6 Å².